The van der Waals surface area contributed by atoms with Gasteiger partial charge in [0, 0.05) is 17.7 Å². The molecule has 0 fully saturated rings. The lowest BCUT2D eigenvalue weighted by atomic mass is 10.2. The molecule has 0 atom stereocenters. The normalized spacial score (nSPS) is 9.08. The van der Waals surface area contributed by atoms with Crippen LogP contribution in [0.4, 0.5) is 0 Å². The Labute approximate surface area is 69.9 Å². The van der Waals surface area contributed by atoms with E-state index in [1.165, 1.54) is 0 Å². The zero-order chi connectivity index (χ0) is 8.81. The third kappa shape index (κ3) is 2.23. The van der Waals surface area contributed by atoms with Crippen molar-refractivity contribution in [2.24, 2.45) is 10.8 Å². The van der Waals surface area contributed by atoms with Crippen LogP contribution in [0.25, 0.3) is 10.4 Å². The van der Waals surface area contributed by atoms with E-state index >= 15 is 0 Å². The first-order valence-electron chi connectivity index (χ1n) is 3.51. The van der Waals surface area contributed by atoms with Gasteiger partial charge in [0.2, 0.25) is 0 Å². The standard InChI is InChI=1S/C7H9N5/c8-4-7-3-6(1-2-10-7)5-11-12-9/h1-3H,4-5,8H2. The highest BCUT2D eigenvalue weighted by Crippen LogP contribution is 2.02. The van der Waals surface area contributed by atoms with Gasteiger partial charge < -0.3 is 5.73 Å². The van der Waals surface area contributed by atoms with Gasteiger partial charge in [-0.15, -0.1) is 0 Å². The molecule has 0 spiro atoms. The summed E-state index contributed by atoms with van der Waals surface area (Å²) in [5, 5.41) is 3.43. The van der Waals surface area contributed by atoms with Crippen LogP contribution in [-0.2, 0) is 13.1 Å². The van der Waals surface area contributed by atoms with Crippen molar-refractivity contribution in [3.63, 3.8) is 0 Å². The zero-order valence-corrected chi connectivity index (χ0v) is 6.51. The van der Waals surface area contributed by atoms with E-state index in [9.17, 15) is 0 Å². The second-order valence-corrected chi connectivity index (χ2v) is 2.25. The number of nitrogens with two attached hydrogens (primary N) is 1. The van der Waals surface area contributed by atoms with Crippen LogP contribution in [0.1, 0.15) is 11.3 Å². The second-order valence-electron chi connectivity index (χ2n) is 2.25. The highest BCUT2D eigenvalue weighted by molar-refractivity contribution is 5.15. The van der Waals surface area contributed by atoms with E-state index in [1.807, 2.05) is 6.07 Å². The van der Waals surface area contributed by atoms with E-state index in [-0.39, 0.29) is 0 Å². The van der Waals surface area contributed by atoms with Crippen LogP contribution < -0.4 is 5.73 Å². The zero-order valence-electron chi connectivity index (χ0n) is 6.51. The Morgan fingerprint density at radius 1 is 1.67 bits per heavy atom. The van der Waals surface area contributed by atoms with E-state index < -0.39 is 0 Å². The van der Waals surface area contributed by atoms with Crippen LogP contribution in [0, 0.1) is 0 Å². The Morgan fingerprint density at radius 2 is 2.50 bits per heavy atom. The molecule has 1 aromatic heterocycles. The molecule has 0 aliphatic rings. The Balaban J connectivity index is 2.78. The molecule has 0 amide bonds. The minimum atomic E-state index is 0.353. The summed E-state index contributed by atoms with van der Waals surface area (Å²) in [6.45, 7) is 0.760. The third-order valence-electron chi connectivity index (χ3n) is 1.41. The van der Waals surface area contributed by atoms with Crippen LogP contribution in [0.3, 0.4) is 0 Å². The quantitative estimate of drug-likeness (QED) is 0.414. The van der Waals surface area contributed by atoms with Gasteiger partial charge in [-0.25, -0.2) is 0 Å². The van der Waals surface area contributed by atoms with Crippen LogP contribution in [0.2, 0.25) is 0 Å². The van der Waals surface area contributed by atoms with Crippen molar-refractivity contribution >= 4 is 0 Å². The van der Waals surface area contributed by atoms with Gasteiger partial charge in [0.1, 0.15) is 0 Å². The number of hydrogen-bond donors (Lipinski definition) is 1. The molecule has 0 radical (unpaired) electrons. The lowest BCUT2D eigenvalue weighted by molar-refractivity contribution is 0.959. The lowest BCUT2D eigenvalue weighted by Gasteiger charge is -1.97. The van der Waals surface area contributed by atoms with Crippen LogP contribution >= 0.6 is 0 Å². The summed E-state index contributed by atoms with van der Waals surface area (Å²) < 4.78 is 0. The third-order valence-corrected chi connectivity index (χ3v) is 1.41. The summed E-state index contributed by atoms with van der Waals surface area (Å²) in [4.78, 5) is 6.67. The fourth-order valence-electron chi connectivity index (χ4n) is 0.851. The molecule has 2 N–H and O–H groups in total. The first-order chi connectivity index (χ1) is 5.86. The second kappa shape index (κ2) is 4.33. The van der Waals surface area contributed by atoms with Crippen molar-refractivity contribution in [3.8, 4) is 0 Å². The largest absolute Gasteiger partial charge is 0.325 e. The Hall–Kier alpha value is -1.58. The minimum absolute atomic E-state index is 0.353. The molecule has 12 heavy (non-hydrogen) atoms. The summed E-state index contributed by atoms with van der Waals surface area (Å²) in [6.07, 6.45) is 1.66. The minimum Gasteiger partial charge on any atom is -0.325 e. The summed E-state index contributed by atoms with van der Waals surface area (Å²) in [5.74, 6) is 0. The Morgan fingerprint density at radius 3 is 3.17 bits per heavy atom. The van der Waals surface area contributed by atoms with Crippen LogP contribution in [0.5, 0.6) is 0 Å². The molecule has 0 saturated heterocycles. The molecule has 1 aromatic rings. The fraction of sp³-hybridized carbons (Fsp3) is 0.286. The van der Waals surface area contributed by atoms with Gasteiger partial charge in [0.05, 0.1) is 12.2 Å². The van der Waals surface area contributed by atoms with Crippen molar-refractivity contribution in [1.29, 1.82) is 0 Å². The van der Waals surface area contributed by atoms with Gasteiger partial charge in [-0.05, 0) is 23.2 Å². The molecular weight excluding hydrogens is 154 g/mol. The van der Waals surface area contributed by atoms with E-state index in [4.69, 9.17) is 11.3 Å². The molecule has 0 saturated carbocycles. The first kappa shape index (κ1) is 8.52. The monoisotopic (exact) mass is 163 g/mol. The van der Waals surface area contributed by atoms with Crippen molar-refractivity contribution in [3.05, 3.63) is 40.0 Å². The number of hydrogen-bond acceptors (Lipinski definition) is 3. The van der Waals surface area contributed by atoms with Gasteiger partial charge in [0.15, 0.2) is 0 Å². The van der Waals surface area contributed by atoms with E-state index in [2.05, 4.69) is 15.0 Å². The predicted molar refractivity (Wildman–Crippen MR) is 45.0 cm³/mol. The van der Waals surface area contributed by atoms with E-state index in [0.29, 0.717) is 13.1 Å². The number of rotatable bonds is 3. The van der Waals surface area contributed by atoms with Crippen molar-refractivity contribution in [1.82, 2.24) is 4.98 Å². The molecule has 5 heteroatoms. The summed E-state index contributed by atoms with van der Waals surface area (Å²) in [5.41, 5.74) is 15.2. The maximum absolute atomic E-state index is 8.07. The molecule has 1 heterocycles. The number of pyridine rings is 1. The lowest BCUT2D eigenvalue weighted by Crippen LogP contribution is -1.99. The van der Waals surface area contributed by atoms with Gasteiger partial charge in [-0.3, -0.25) is 4.98 Å². The van der Waals surface area contributed by atoms with Gasteiger partial charge in [-0.2, -0.15) is 0 Å². The average Bonchev–Trinajstić information content (AvgIpc) is 2.15. The highest BCUT2D eigenvalue weighted by atomic mass is 15.1. The molecule has 0 unspecified atom stereocenters. The van der Waals surface area contributed by atoms with Crippen molar-refractivity contribution < 1.29 is 0 Å². The maximum atomic E-state index is 8.07. The van der Waals surface area contributed by atoms with Gasteiger partial charge in [0.25, 0.3) is 0 Å². The topological polar surface area (TPSA) is 87.7 Å². The van der Waals surface area contributed by atoms with E-state index in [1.54, 1.807) is 12.3 Å². The molecule has 62 valence electrons. The van der Waals surface area contributed by atoms with Gasteiger partial charge >= 0.3 is 0 Å². The summed E-state index contributed by atoms with van der Waals surface area (Å²) in [6, 6.07) is 3.63. The van der Waals surface area contributed by atoms with Crippen LogP contribution in [-0.4, -0.2) is 4.98 Å². The highest BCUT2D eigenvalue weighted by Gasteiger charge is 1.93. The molecule has 1 rings (SSSR count). The first-order valence-corrected chi connectivity index (χ1v) is 3.51. The van der Waals surface area contributed by atoms with Gasteiger partial charge in [-0.1, -0.05) is 5.11 Å². The molecule has 0 aliphatic heterocycles. The number of nitrogens with zero attached hydrogens (tertiary/aromatic N) is 4. The van der Waals surface area contributed by atoms with Crippen LogP contribution in [0.15, 0.2) is 23.4 Å². The maximum Gasteiger partial charge on any atom is 0.0542 e. The molecule has 5 nitrogen and oxygen atoms in total. The summed E-state index contributed by atoms with van der Waals surface area (Å²) >= 11 is 0. The number of aromatic nitrogens is 1. The summed E-state index contributed by atoms with van der Waals surface area (Å²) in [7, 11) is 0. The Bertz CT molecular complexity index is 302. The fourth-order valence-corrected chi connectivity index (χ4v) is 0.851. The smallest absolute Gasteiger partial charge is 0.0542 e. The molecule has 0 bridgehead atoms. The molecule has 0 aliphatic carbocycles. The predicted octanol–water partition coefficient (Wildman–Crippen LogP) is 1.35. The molecule has 0 aromatic carbocycles. The average molecular weight is 163 g/mol. The van der Waals surface area contributed by atoms with Crippen molar-refractivity contribution in [2.45, 2.75) is 13.1 Å². The SMILES string of the molecule is [N-]=[N+]=NCc1ccnc(CN)c1. The van der Waals surface area contributed by atoms with E-state index in [0.717, 1.165) is 11.3 Å². The van der Waals surface area contributed by atoms with Crippen molar-refractivity contribution in [2.75, 3.05) is 0 Å². The Kier molecular flexibility index (Phi) is 3.07. The molecular formula is C7H9N5. The number of azide groups is 1.